The molecule has 0 aromatic heterocycles. The molecule has 41 heavy (non-hydrogen) atoms. The van der Waals surface area contributed by atoms with Gasteiger partial charge >= 0.3 is 9.74 Å². The van der Waals surface area contributed by atoms with E-state index in [2.05, 4.69) is 9.69 Å². The van der Waals surface area contributed by atoms with Gasteiger partial charge in [-0.3, -0.25) is 9.69 Å². The van der Waals surface area contributed by atoms with E-state index in [-0.39, 0.29) is 29.1 Å². The van der Waals surface area contributed by atoms with E-state index < -0.39 is 29.4 Å². The molecule has 2 atom stereocenters. The maximum Gasteiger partial charge on any atom is 0.358 e. The molecule has 208 valence electrons. The summed E-state index contributed by atoms with van der Waals surface area (Å²) in [5, 5.41) is 0. The van der Waals surface area contributed by atoms with Gasteiger partial charge in [0.1, 0.15) is 0 Å². The van der Waals surface area contributed by atoms with Gasteiger partial charge in [0.25, 0.3) is 19.7 Å². The minimum Gasteiger partial charge on any atom is -0.287 e. The minimum absolute atomic E-state index is 0.00901. The smallest absolute Gasteiger partial charge is 0.287 e. The molecular weight excluding hydrogens is 553 g/mol. The molecule has 0 aliphatic rings. The Morgan fingerprint density at radius 2 is 0.854 bits per heavy atom. The Balaban J connectivity index is 1.82. The Morgan fingerprint density at radius 3 is 1.15 bits per heavy atom. The van der Waals surface area contributed by atoms with E-state index in [1.165, 1.54) is 24.3 Å². The molecule has 0 aliphatic carbocycles. The van der Waals surface area contributed by atoms with Crippen molar-refractivity contribution in [2.45, 2.75) is 52.6 Å². The third-order valence-corrected chi connectivity index (χ3v) is 12.0. The van der Waals surface area contributed by atoms with Crippen molar-refractivity contribution in [1.82, 2.24) is 0 Å². The zero-order valence-electron chi connectivity index (χ0n) is 22.9. The summed E-state index contributed by atoms with van der Waals surface area (Å²) in [7, 11) is -8.49. The second-order valence-corrected chi connectivity index (χ2v) is 14.3. The van der Waals surface area contributed by atoms with Crippen molar-refractivity contribution in [2.75, 3.05) is 0 Å². The molecule has 0 spiro atoms. The van der Waals surface area contributed by atoms with Gasteiger partial charge < -0.3 is 0 Å². The molecule has 0 radical (unpaired) electrons. The van der Waals surface area contributed by atoms with Crippen LogP contribution in [-0.2, 0) is 29.4 Å². The quantitative estimate of drug-likeness (QED) is 0.184. The lowest BCUT2D eigenvalue weighted by atomic mass is 9.96. The zero-order chi connectivity index (χ0) is 29.7. The van der Waals surface area contributed by atoms with Gasteiger partial charge in [-0.25, -0.2) is 30.0 Å². The van der Waals surface area contributed by atoms with Crippen LogP contribution in [0.1, 0.15) is 41.5 Å². The molecule has 4 aromatic rings. The van der Waals surface area contributed by atoms with Crippen molar-refractivity contribution in [3.05, 3.63) is 154 Å². The predicted octanol–water partition coefficient (Wildman–Crippen LogP) is 7.27. The number of hydrogen-bond acceptors (Lipinski definition) is 4. The van der Waals surface area contributed by atoms with E-state index in [0.29, 0.717) is 11.1 Å². The lowest BCUT2D eigenvalue weighted by Gasteiger charge is -2.26. The fourth-order valence-electron chi connectivity index (χ4n) is 5.02. The summed E-state index contributed by atoms with van der Waals surface area (Å²) in [6.07, 6.45) is -0.431. The first-order valence-corrected chi connectivity index (χ1v) is 16.0. The predicted molar refractivity (Wildman–Crippen MR) is 160 cm³/mol. The van der Waals surface area contributed by atoms with Gasteiger partial charge in [0.05, 0.1) is 20.9 Å². The molecule has 4 aromatic carbocycles. The summed E-state index contributed by atoms with van der Waals surface area (Å²) in [5.74, 6) is 0. The second kappa shape index (κ2) is 11.7. The number of rotatable bonds is 10. The van der Waals surface area contributed by atoms with Crippen LogP contribution < -0.4 is 0 Å². The van der Waals surface area contributed by atoms with Crippen molar-refractivity contribution in [3.8, 4) is 0 Å². The second-order valence-electron chi connectivity index (χ2n) is 10.0. The van der Waals surface area contributed by atoms with E-state index in [1.54, 1.807) is 84.9 Å². The summed E-state index contributed by atoms with van der Waals surface area (Å²) in [5.41, 5.74) is 2.35. The third kappa shape index (κ3) is 5.29. The van der Waals surface area contributed by atoms with Crippen molar-refractivity contribution in [2.24, 2.45) is 0 Å². The molecule has 6 nitrogen and oxygen atoms in total. The third-order valence-electron chi connectivity index (χ3n) is 7.39. The van der Waals surface area contributed by atoms with E-state index in [9.17, 15) is 16.8 Å². The van der Waals surface area contributed by atoms with Gasteiger partial charge in [0, 0.05) is 12.8 Å². The maximum atomic E-state index is 14.1. The van der Waals surface area contributed by atoms with Gasteiger partial charge in [0.2, 0.25) is 0 Å². The summed E-state index contributed by atoms with van der Waals surface area (Å²) in [4.78, 5) is 3.48. The van der Waals surface area contributed by atoms with Crippen molar-refractivity contribution >= 4 is 19.7 Å². The summed E-state index contributed by atoms with van der Waals surface area (Å²) >= 11 is 0. The molecule has 0 N–H and O–H groups in total. The van der Waals surface area contributed by atoms with Crippen LogP contribution in [-0.4, -0.2) is 16.8 Å². The average Bonchev–Trinajstić information content (AvgIpc) is 2.99. The SMILES string of the molecule is [C-]#[N+]C(CCCC([N+]#[C-])(c1ccccc1)S(=O)(=O)c1ccc(C)cc1)(c1ccccc1)S(=O)(=O)c1ccc(C)cc1. The number of aryl methyl sites for hydroxylation is 2. The monoisotopic (exact) mass is 582 g/mol. The van der Waals surface area contributed by atoms with Crippen molar-refractivity contribution in [1.29, 1.82) is 0 Å². The fraction of sp³-hybridized carbons (Fsp3) is 0.212. The van der Waals surface area contributed by atoms with Crippen LogP contribution in [0.25, 0.3) is 9.69 Å². The highest BCUT2D eigenvalue weighted by Crippen LogP contribution is 2.46. The van der Waals surface area contributed by atoms with Crippen LogP contribution in [0.15, 0.2) is 119 Å². The molecule has 8 heteroatoms. The fourth-order valence-corrected chi connectivity index (χ4v) is 8.75. The molecule has 0 bridgehead atoms. The molecular formula is C33H30N2O4S2. The Hall–Kier alpha value is -4.24. The standard InChI is InChI=1S/C33H30N2O4S2/c1-26-16-20-30(21-17-26)40(36,37)32(34-3,28-12-7-5-8-13-28)24-11-25-33(35-4,29-14-9-6-10-15-29)41(38,39)31-22-18-27(2)19-23-31/h5-10,12-23H,11,24-25H2,1-2H3. The Morgan fingerprint density at radius 1 is 0.537 bits per heavy atom. The first-order chi connectivity index (χ1) is 19.5. The normalized spacial score (nSPS) is 14.6. The van der Waals surface area contributed by atoms with Crippen LogP contribution >= 0.6 is 0 Å². The van der Waals surface area contributed by atoms with Gasteiger partial charge in [-0.05, 0) is 68.8 Å². The van der Waals surface area contributed by atoms with E-state index in [0.717, 1.165) is 11.1 Å². The first kappa shape index (κ1) is 29.7. The number of sulfone groups is 2. The van der Waals surface area contributed by atoms with Gasteiger partial charge in [-0.15, -0.1) is 0 Å². The maximum absolute atomic E-state index is 14.1. The molecule has 0 saturated heterocycles. The highest BCUT2D eigenvalue weighted by Gasteiger charge is 2.56. The highest BCUT2D eigenvalue weighted by atomic mass is 32.2. The van der Waals surface area contributed by atoms with Gasteiger partial charge in [0.15, 0.2) is 0 Å². The van der Waals surface area contributed by atoms with E-state index in [4.69, 9.17) is 13.1 Å². The molecule has 0 fully saturated rings. The van der Waals surface area contributed by atoms with Crippen LogP contribution in [0, 0.1) is 27.0 Å². The van der Waals surface area contributed by atoms with E-state index in [1.807, 2.05) is 13.8 Å². The number of benzene rings is 4. The zero-order valence-corrected chi connectivity index (χ0v) is 24.5. The Kier molecular flexibility index (Phi) is 8.49. The topological polar surface area (TPSA) is 77.0 Å². The first-order valence-electron chi connectivity index (χ1n) is 13.0. The molecule has 0 heterocycles. The lowest BCUT2D eigenvalue weighted by molar-refractivity contribution is 0.488. The molecule has 0 aliphatic heterocycles. The Bertz CT molecular complexity index is 1670. The van der Waals surface area contributed by atoms with Gasteiger partial charge in [-0.1, -0.05) is 71.8 Å². The number of hydrogen-bond donors (Lipinski definition) is 0. The van der Waals surface area contributed by atoms with Crippen molar-refractivity contribution in [3.63, 3.8) is 0 Å². The highest BCUT2D eigenvalue weighted by molar-refractivity contribution is 7.93. The van der Waals surface area contributed by atoms with Gasteiger partial charge in [-0.2, -0.15) is 0 Å². The molecule has 2 unspecified atom stereocenters. The molecule has 0 amide bonds. The lowest BCUT2D eigenvalue weighted by Crippen LogP contribution is -2.36. The average molecular weight is 583 g/mol. The minimum atomic E-state index is -4.25. The molecule has 4 rings (SSSR count). The largest absolute Gasteiger partial charge is 0.358 e. The van der Waals surface area contributed by atoms with E-state index >= 15 is 0 Å². The van der Waals surface area contributed by atoms with Crippen LogP contribution in [0.2, 0.25) is 0 Å². The van der Waals surface area contributed by atoms with Crippen LogP contribution in [0.3, 0.4) is 0 Å². The Labute approximate surface area is 242 Å². The van der Waals surface area contributed by atoms with Crippen LogP contribution in [0.5, 0.6) is 0 Å². The van der Waals surface area contributed by atoms with Crippen LogP contribution in [0.4, 0.5) is 0 Å². The summed E-state index contributed by atoms with van der Waals surface area (Å²) in [6, 6.07) is 29.3. The van der Waals surface area contributed by atoms with Crippen molar-refractivity contribution < 1.29 is 16.8 Å². The molecule has 0 saturated carbocycles. The summed E-state index contributed by atoms with van der Waals surface area (Å²) in [6.45, 7) is 20.1. The number of nitrogens with zero attached hydrogens (tertiary/aromatic N) is 2. The summed E-state index contributed by atoms with van der Waals surface area (Å²) < 4.78 is 56.6.